The van der Waals surface area contributed by atoms with E-state index in [1.54, 1.807) is 3.11 Å². The fraction of sp³-hybridized carbons (Fsp3) is 0.320. The normalized spacial score (nSPS) is 14.0. The number of carboxylic acids is 1. The van der Waals surface area contributed by atoms with E-state index >= 15 is 0 Å². The molecule has 0 spiro atoms. The molecule has 7 nitrogen and oxygen atoms in total. The Labute approximate surface area is 213 Å². The molecule has 1 aromatic heterocycles. The summed E-state index contributed by atoms with van der Waals surface area (Å²) in [7, 11) is 0. The number of carboxylic acid groups (broad SMARTS) is 1. The van der Waals surface area contributed by atoms with Gasteiger partial charge in [-0.25, -0.2) is 0 Å². The minimum atomic E-state index is -0.977. The van der Waals surface area contributed by atoms with Gasteiger partial charge in [0, 0.05) is 0 Å². The number of carbonyl (C=O) groups excluding carboxylic acids is 1. The summed E-state index contributed by atoms with van der Waals surface area (Å²) in [5.74, 6) is -0.301. The number of benzene rings is 2. The Hall–Kier alpha value is -2.50. The summed E-state index contributed by atoms with van der Waals surface area (Å²) in [6.07, 6.45) is 0.123. The molecule has 3 aromatic rings. The van der Waals surface area contributed by atoms with Gasteiger partial charge in [0.15, 0.2) is 0 Å². The van der Waals surface area contributed by atoms with Gasteiger partial charge in [-0.05, 0) is 0 Å². The SMILES string of the molecule is CCCOC(Cc1ccc2c(c1)CN(C(=O)c1sc(-c3ccc(C)cc3)nc1C)[I-]O2)C(=O)O. The Morgan fingerprint density at radius 2 is 2.00 bits per heavy atom. The Balaban J connectivity index is 1.50. The van der Waals surface area contributed by atoms with Gasteiger partial charge < -0.3 is 0 Å². The van der Waals surface area contributed by atoms with E-state index in [-0.39, 0.29) is 12.3 Å². The van der Waals surface area contributed by atoms with Crippen molar-refractivity contribution in [2.24, 2.45) is 0 Å². The van der Waals surface area contributed by atoms with E-state index < -0.39 is 34.0 Å². The van der Waals surface area contributed by atoms with Crippen molar-refractivity contribution in [3.8, 4) is 16.3 Å². The molecule has 0 fully saturated rings. The van der Waals surface area contributed by atoms with Crippen LogP contribution in [0.25, 0.3) is 10.6 Å². The van der Waals surface area contributed by atoms with Gasteiger partial charge in [0.05, 0.1) is 0 Å². The summed E-state index contributed by atoms with van der Waals surface area (Å²) < 4.78 is 13.2. The van der Waals surface area contributed by atoms with Crippen LogP contribution in [-0.4, -0.2) is 37.8 Å². The maximum atomic E-state index is 13.3. The minimum absolute atomic E-state index is 0.0769. The van der Waals surface area contributed by atoms with E-state index in [0.717, 1.165) is 33.9 Å². The number of fused-ring (bicyclic) bond motifs is 1. The Kier molecular flexibility index (Phi) is 7.84. The van der Waals surface area contributed by atoms with Crippen molar-refractivity contribution in [3.05, 3.63) is 69.7 Å². The van der Waals surface area contributed by atoms with Gasteiger partial charge in [-0.3, -0.25) is 0 Å². The molecule has 2 aromatic carbocycles. The van der Waals surface area contributed by atoms with Crippen molar-refractivity contribution >= 4 is 23.2 Å². The van der Waals surface area contributed by atoms with E-state index in [4.69, 9.17) is 7.80 Å². The molecule has 34 heavy (non-hydrogen) atoms. The zero-order valence-corrected chi connectivity index (χ0v) is 22.2. The number of aromatic nitrogens is 1. The van der Waals surface area contributed by atoms with E-state index in [9.17, 15) is 14.7 Å². The molecular weight excluding hydrogens is 567 g/mol. The molecule has 1 N–H and O–H groups in total. The topological polar surface area (TPSA) is 89.0 Å². The molecule has 9 heteroatoms. The number of rotatable bonds is 8. The monoisotopic (exact) mass is 593 g/mol. The van der Waals surface area contributed by atoms with Gasteiger partial charge in [-0.2, -0.15) is 0 Å². The summed E-state index contributed by atoms with van der Waals surface area (Å²) in [4.78, 5) is 30.1. The second-order valence-corrected chi connectivity index (χ2v) is 11.1. The molecule has 1 atom stereocenters. The maximum absolute atomic E-state index is 13.3. The average Bonchev–Trinajstić information content (AvgIpc) is 3.22. The number of thiazole rings is 1. The number of carbonyl (C=O) groups is 2. The molecule has 0 radical (unpaired) electrons. The number of hydrogen-bond donors (Lipinski definition) is 1. The second kappa shape index (κ2) is 10.8. The van der Waals surface area contributed by atoms with Crippen molar-refractivity contribution < 1.29 is 44.4 Å². The first-order chi connectivity index (χ1) is 16.4. The van der Waals surface area contributed by atoms with Crippen LogP contribution in [0.3, 0.4) is 0 Å². The molecule has 0 aliphatic carbocycles. The van der Waals surface area contributed by atoms with Gasteiger partial charge in [-0.1, -0.05) is 0 Å². The van der Waals surface area contributed by atoms with Crippen molar-refractivity contribution in [3.63, 3.8) is 0 Å². The first-order valence-electron chi connectivity index (χ1n) is 11.0. The zero-order chi connectivity index (χ0) is 24.2. The van der Waals surface area contributed by atoms with Gasteiger partial charge in [0.1, 0.15) is 0 Å². The van der Waals surface area contributed by atoms with Crippen LogP contribution in [-0.2, 0) is 22.5 Å². The fourth-order valence-electron chi connectivity index (χ4n) is 3.53. The molecule has 0 saturated heterocycles. The molecule has 0 saturated carbocycles. The first kappa shape index (κ1) is 24.6. The summed E-state index contributed by atoms with van der Waals surface area (Å²) >= 11 is 0.430. The number of aryl methyl sites for hydroxylation is 2. The predicted molar refractivity (Wildman–Crippen MR) is 125 cm³/mol. The number of ether oxygens (including phenoxy) is 1. The number of amides is 1. The number of halogens is 1. The van der Waals surface area contributed by atoms with Crippen LogP contribution in [0.5, 0.6) is 5.75 Å². The fourth-order valence-corrected chi connectivity index (χ4v) is 6.52. The van der Waals surface area contributed by atoms with Crippen LogP contribution < -0.4 is 25.0 Å². The molecule has 4 rings (SSSR count). The van der Waals surface area contributed by atoms with Crippen LogP contribution in [0.1, 0.15) is 45.4 Å². The summed E-state index contributed by atoms with van der Waals surface area (Å²) in [5.41, 5.74) is 4.60. The molecule has 0 bridgehead atoms. The standard InChI is InChI=1S/C25H26IN2O5S/c1-4-11-32-21(25(30)31)13-17-7-10-20-19(12-17)14-28(26-33-20)24(29)22-16(3)27-23(34-22)18-8-5-15(2)6-9-18/h5-10,12,21H,4,11,13-14H2,1-3H3,(H,30,31)/q-1. The molecule has 1 amide bonds. The summed E-state index contributed by atoms with van der Waals surface area (Å²) in [6.45, 7) is 6.67. The van der Waals surface area contributed by atoms with E-state index in [1.165, 1.54) is 16.9 Å². The summed E-state index contributed by atoms with van der Waals surface area (Å²) in [6, 6.07) is 13.8. The average molecular weight is 593 g/mol. The molecule has 1 aliphatic rings. The van der Waals surface area contributed by atoms with E-state index in [0.29, 0.717) is 23.7 Å². The Morgan fingerprint density at radius 3 is 2.71 bits per heavy atom. The van der Waals surface area contributed by atoms with Gasteiger partial charge in [-0.15, -0.1) is 0 Å². The van der Waals surface area contributed by atoms with Gasteiger partial charge >= 0.3 is 215 Å². The van der Waals surface area contributed by atoms with E-state index in [1.807, 2.05) is 63.2 Å². The van der Waals surface area contributed by atoms with Crippen molar-refractivity contribution in [2.75, 3.05) is 6.61 Å². The van der Waals surface area contributed by atoms with Crippen molar-refractivity contribution in [1.82, 2.24) is 8.10 Å². The van der Waals surface area contributed by atoms with E-state index in [2.05, 4.69) is 4.98 Å². The molecule has 1 aliphatic heterocycles. The zero-order valence-electron chi connectivity index (χ0n) is 19.2. The molecule has 2 heterocycles. The molecule has 1 unspecified atom stereocenters. The second-order valence-electron chi connectivity index (χ2n) is 8.12. The van der Waals surface area contributed by atoms with Crippen molar-refractivity contribution in [1.29, 1.82) is 0 Å². The van der Waals surface area contributed by atoms with Crippen LogP contribution in [0, 0.1) is 13.8 Å². The third-order valence-electron chi connectivity index (χ3n) is 5.36. The first-order valence-corrected chi connectivity index (χ1v) is 13.7. The van der Waals surface area contributed by atoms with Gasteiger partial charge in [0.2, 0.25) is 0 Å². The predicted octanol–water partition coefficient (Wildman–Crippen LogP) is 1.80. The van der Waals surface area contributed by atoms with Crippen LogP contribution in [0.2, 0.25) is 0 Å². The Bertz CT molecular complexity index is 1190. The summed E-state index contributed by atoms with van der Waals surface area (Å²) in [5, 5.41) is 10.3. The van der Waals surface area contributed by atoms with Crippen LogP contribution >= 0.6 is 11.3 Å². The quantitative estimate of drug-likeness (QED) is 0.317. The molecule has 180 valence electrons. The number of nitrogens with zero attached hydrogens (tertiary/aromatic N) is 2. The molecular formula is C25H26IN2O5S-. The van der Waals surface area contributed by atoms with Crippen molar-refractivity contribution in [2.45, 2.75) is 46.3 Å². The van der Waals surface area contributed by atoms with Crippen LogP contribution in [0.15, 0.2) is 42.5 Å². The van der Waals surface area contributed by atoms with Gasteiger partial charge in [0.25, 0.3) is 0 Å². The van der Waals surface area contributed by atoms with Crippen LogP contribution in [0.4, 0.5) is 0 Å². The third-order valence-corrected chi connectivity index (χ3v) is 8.49. The number of hydrogen-bond acceptors (Lipinski definition) is 6. The third kappa shape index (κ3) is 5.59. The number of aliphatic carboxylic acids is 1. The Morgan fingerprint density at radius 1 is 1.24 bits per heavy atom.